The highest BCUT2D eigenvalue weighted by Crippen LogP contribution is 2.39. The van der Waals surface area contributed by atoms with E-state index in [2.05, 4.69) is 9.82 Å². The van der Waals surface area contributed by atoms with Crippen LogP contribution in [0.3, 0.4) is 0 Å². The van der Waals surface area contributed by atoms with Gasteiger partial charge < -0.3 is 14.5 Å². The monoisotopic (exact) mass is 656 g/mol. The number of aromatic nitrogens is 1. The Bertz CT molecular complexity index is 1630. The smallest absolute Gasteiger partial charge is 0.493 e. The Hall–Kier alpha value is -4.80. The zero-order chi connectivity index (χ0) is 33.3. The quantitative estimate of drug-likeness (QED) is 0.130. The molecule has 238 valence electrons. The first-order valence-corrected chi connectivity index (χ1v) is 13.5. The molecule has 4 rings (SSSR count). The molecule has 1 aliphatic heterocycles. The Balaban J connectivity index is 1.64. The van der Waals surface area contributed by atoms with Gasteiger partial charge in [0, 0.05) is 23.2 Å². The number of hydrogen-bond acceptors (Lipinski definition) is 8. The van der Waals surface area contributed by atoms with Crippen LogP contribution in [0.1, 0.15) is 29.8 Å². The van der Waals surface area contributed by atoms with E-state index in [1.165, 1.54) is 63.4 Å². The number of imide groups is 1. The summed E-state index contributed by atoms with van der Waals surface area (Å²) >= 11 is -0.366. The van der Waals surface area contributed by atoms with Gasteiger partial charge in [0.05, 0.1) is 12.8 Å². The van der Waals surface area contributed by atoms with Gasteiger partial charge in [-0.25, -0.2) is 19.5 Å². The number of thioether (sulfide) groups is 1. The number of methoxy groups -OCH3 is 1. The molecule has 1 fully saturated rings. The minimum atomic E-state index is -5.47. The number of anilines is 2. The van der Waals surface area contributed by atoms with Crippen LogP contribution < -0.4 is 14.7 Å². The normalized spacial score (nSPS) is 14.9. The van der Waals surface area contributed by atoms with Gasteiger partial charge in [-0.1, -0.05) is 6.07 Å². The van der Waals surface area contributed by atoms with Gasteiger partial charge in [0.1, 0.15) is 11.3 Å². The van der Waals surface area contributed by atoms with E-state index in [9.17, 15) is 45.5 Å². The number of amides is 4. The van der Waals surface area contributed by atoms with E-state index in [0.717, 1.165) is 34.2 Å². The number of carbonyl (C=O) groups excluding carboxylic acids is 4. The lowest BCUT2D eigenvalue weighted by molar-refractivity contribution is -0.200. The highest BCUT2D eigenvalue weighted by molar-refractivity contribution is 8.00. The van der Waals surface area contributed by atoms with Crippen molar-refractivity contribution in [3.8, 4) is 5.75 Å². The number of hydroxylamine groups is 1. The first-order chi connectivity index (χ1) is 20.9. The second-order valence-electron chi connectivity index (χ2n) is 9.84. The number of benzene rings is 2. The van der Waals surface area contributed by atoms with Crippen molar-refractivity contribution in [3.63, 3.8) is 0 Å². The number of carbonyl (C=O) groups is 4. The number of ether oxygens (including phenoxy) is 1. The summed E-state index contributed by atoms with van der Waals surface area (Å²) in [6.07, 6.45) is -4.38. The van der Waals surface area contributed by atoms with Crippen LogP contribution in [0, 0.1) is 0 Å². The number of urea groups is 1. The zero-order valence-corrected chi connectivity index (χ0v) is 24.3. The molecule has 2 heterocycles. The summed E-state index contributed by atoms with van der Waals surface area (Å²) in [5.41, 5.74) is -6.06. The fourth-order valence-corrected chi connectivity index (χ4v) is 4.72. The van der Waals surface area contributed by atoms with E-state index < -0.39 is 46.9 Å². The molecule has 1 saturated heterocycles. The molecule has 0 spiro atoms. The van der Waals surface area contributed by atoms with E-state index >= 15 is 0 Å². The molecule has 0 bridgehead atoms. The minimum Gasteiger partial charge on any atom is -0.497 e. The highest BCUT2D eigenvalue weighted by Gasteiger charge is 2.52. The maximum atomic E-state index is 13.4. The summed E-state index contributed by atoms with van der Waals surface area (Å²) < 4.78 is 82.5. The van der Waals surface area contributed by atoms with Crippen molar-refractivity contribution in [3.05, 3.63) is 78.0 Å². The third kappa shape index (κ3) is 7.30. The van der Waals surface area contributed by atoms with Gasteiger partial charge >= 0.3 is 23.7 Å². The summed E-state index contributed by atoms with van der Waals surface area (Å²) in [6, 6.07) is 11.5. The maximum Gasteiger partial charge on any atom is 0.493 e. The molecule has 0 aliphatic carbocycles. The summed E-state index contributed by atoms with van der Waals surface area (Å²) in [5.74, 6) is -4.98. The van der Waals surface area contributed by atoms with Crippen LogP contribution in [0.2, 0.25) is 0 Å². The minimum absolute atomic E-state index is 0.0108. The Kier molecular flexibility index (Phi) is 9.05. The summed E-state index contributed by atoms with van der Waals surface area (Å²) in [6.45, 7) is 2.51. The predicted molar refractivity (Wildman–Crippen MR) is 147 cm³/mol. The van der Waals surface area contributed by atoms with Crippen LogP contribution in [0.5, 0.6) is 5.75 Å². The molecule has 0 atom stereocenters. The Morgan fingerprint density at radius 3 is 2.24 bits per heavy atom. The first-order valence-electron chi connectivity index (χ1n) is 12.7. The molecule has 0 radical (unpaired) electrons. The van der Waals surface area contributed by atoms with Crippen LogP contribution >= 0.6 is 11.8 Å². The van der Waals surface area contributed by atoms with Crippen molar-refractivity contribution in [1.29, 1.82) is 0 Å². The van der Waals surface area contributed by atoms with Crippen LogP contribution in [0.15, 0.2) is 71.8 Å². The van der Waals surface area contributed by atoms with E-state index in [1.54, 1.807) is 0 Å². The predicted octanol–water partition coefficient (Wildman–Crippen LogP) is 6.12. The Labute approximate surface area is 255 Å². The second kappa shape index (κ2) is 12.3. The molecule has 1 aromatic heterocycles. The fourth-order valence-electron chi connectivity index (χ4n) is 4.18. The molecular formula is C28H22F6N4O6S. The molecule has 3 aromatic rings. The van der Waals surface area contributed by atoms with E-state index in [-0.39, 0.29) is 50.8 Å². The second-order valence-corrected chi connectivity index (χ2v) is 11.0. The summed E-state index contributed by atoms with van der Waals surface area (Å²) in [7, 11) is 1.30. The van der Waals surface area contributed by atoms with Gasteiger partial charge in [0.15, 0.2) is 5.82 Å². The van der Waals surface area contributed by atoms with Gasteiger partial charge in [0.2, 0.25) is 0 Å². The lowest BCUT2D eigenvalue weighted by Gasteiger charge is -2.28. The molecule has 4 amide bonds. The molecule has 45 heavy (non-hydrogen) atoms. The molecule has 0 saturated carbocycles. The molecule has 10 nitrogen and oxygen atoms in total. The van der Waals surface area contributed by atoms with Gasteiger partial charge in [-0.2, -0.15) is 26.3 Å². The van der Waals surface area contributed by atoms with E-state index in [0.29, 0.717) is 0 Å². The van der Waals surface area contributed by atoms with E-state index in [4.69, 9.17) is 4.74 Å². The average Bonchev–Trinajstić information content (AvgIpc) is 3.13. The lowest BCUT2D eigenvalue weighted by Crippen LogP contribution is -2.43. The van der Waals surface area contributed by atoms with Crippen molar-refractivity contribution in [2.75, 3.05) is 17.1 Å². The number of rotatable bonds is 7. The zero-order valence-electron chi connectivity index (χ0n) is 23.5. The number of nitrogens with zero attached hydrogens (tertiary/aromatic N) is 4. The fraction of sp³-hybridized carbons (Fsp3) is 0.250. The number of pyridine rings is 1. The van der Waals surface area contributed by atoms with Crippen molar-refractivity contribution < 1.29 is 55.1 Å². The molecule has 0 unspecified atom stereocenters. The standard InChI is InChI=1S/C28H22F6N4O6S/c1-26(2)23(40)37(18-7-9-20(10-8-18)45-28(32,33)34)25(42)36(26)15-16-11-12-35-21(13-16)38(44-24(41)27(29,30)31)22(39)17-5-4-6-19(14-17)43-3/h4-14H,15H2,1-3H3. The Morgan fingerprint density at radius 1 is 0.978 bits per heavy atom. The largest absolute Gasteiger partial charge is 0.497 e. The van der Waals surface area contributed by atoms with Crippen molar-refractivity contribution in [2.45, 2.75) is 42.5 Å². The first kappa shape index (κ1) is 33.1. The molecule has 2 aromatic carbocycles. The Morgan fingerprint density at radius 2 is 1.64 bits per heavy atom. The molecule has 1 aliphatic rings. The number of alkyl halides is 6. The van der Waals surface area contributed by atoms with E-state index in [1.807, 2.05) is 0 Å². The molecule has 17 heteroatoms. The average molecular weight is 657 g/mol. The lowest BCUT2D eigenvalue weighted by atomic mass is 10.0. The van der Waals surface area contributed by atoms with Crippen LogP contribution in [-0.2, 0) is 21.0 Å². The van der Waals surface area contributed by atoms with Crippen LogP contribution in [0.25, 0.3) is 0 Å². The van der Waals surface area contributed by atoms with Crippen molar-refractivity contribution >= 4 is 47.1 Å². The van der Waals surface area contributed by atoms with Gasteiger partial charge in [-0.05, 0) is 85.8 Å². The van der Waals surface area contributed by atoms with Crippen molar-refractivity contribution in [1.82, 2.24) is 9.88 Å². The summed E-state index contributed by atoms with van der Waals surface area (Å²) in [5, 5.41) is 0.0447. The van der Waals surface area contributed by atoms with Gasteiger partial charge in [-0.15, -0.1) is 5.06 Å². The SMILES string of the molecule is COc1cccc(C(=O)N(OC(=O)C(F)(F)F)c2cc(CN3C(=O)N(c4ccc(SC(F)(F)F)cc4)C(=O)C3(C)C)ccn2)c1. The topological polar surface area (TPSA) is 109 Å². The van der Waals surface area contributed by atoms with Gasteiger partial charge in [-0.3, -0.25) is 9.59 Å². The number of halogens is 6. The van der Waals surface area contributed by atoms with Crippen molar-refractivity contribution in [2.24, 2.45) is 0 Å². The van der Waals surface area contributed by atoms with Crippen LogP contribution in [0.4, 0.5) is 42.6 Å². The summed E-state index contributed by atoms with van der Waals surface area (Å²) in [4.78, 5) is 61.7. The highest BCUT2D eigenvalue weighted by atomic mass is 32.2. The third-order valence-corrected chi connectivity index (χ3v) is 7.16. The number of hydrogen-bond donors (Lipinski definition) is 0. The third-order valence-electron chi connectivity index (χ3n) is 6.42. The van der Waals surface area contributed by atoms with Gasteiger partial charge in [0.25, 0.3) is 11.8 Å². The molecule has 0 N–H and O–H groups in total. The maximum absolute atomic E-state index is 13.4. The van der Waals surface area contributed by atoms with Crippen LogP contribution in [-0.4, -0.2) is 58.0 Å². The molecular weight excluding hydrogens is 634 g/mol.